The van der Waals surface area contributed by atoms with Gasteiger partial charge in [-0.25, -0.2) is 4.98 Å². The van der Waals surface area contributed by atoms with Gasteiger partial charge in [-0.2, -0.15) is 0 Å². The third-order valence-corrected chi connectivity index (χ3v) is 5.36. The number of carbonyl (C=O) groups is 1. The summed E-state index contributed by atoms with van der Waals surface area (Å²) in [4.78, 5) is 22.0. The molecule has 1 saturated heterocycles. The van der Waals surface area contributed by atoms with Gasteiger partial charge < -0.3 is 9.80 Å². The lowest BCUT2D eigenvalue weighted by Gasteiger charge is -2.31. The molecule has 0 saturated carbocycles. The van der Waals surface area contributed by atoms with Crippen molar-refractivity contribution < 1.29 is 4.79 Å². The average molecular weight is 359 g/mol. The fourth-order valence-electron chi connectivity index (χ4n) is 3.81. The molecule has 1 aliphatic heterocycles. The third kappa shape index (κ3) is 3.80. The van der Waals surface area contributed by atoms with Crippen molar-refractivity contribution in [1.29, 1.82) is 0 Å². The van der Waals surface area contributed by atoms with Crippen LogP contribution < -0.4 is 4.90 Å². The number of carbonyl (C=O) groups excluding carboxylic acids is 1. The van der Waals surface area contributed by atoms with Crippen LogP contribution in [0.1, 0.15) is 25.3 Å². The quantitative estimate of drug-likeness (QED) is 0.699. The topological polar surface area (TPSA) is 36.4 Å². The fourth-order valence-corrected chi connectivity index (χ4v) is 3.81. The molecule has 1 aromatic heterocycles. The predicted octanol–water partition coefficient (Wildman–Crippen LogP) is 4.25. The first-order valence-electron chi connectivity index (χ1n) is 9.68. The van der Waals surface area contributed by atoms with Crippen LogP contribution in [-0.4, -0.2) is 34.9 Å². The van der Waals surface area contributed by atoms with E-state index in [9.17, 15) is 4.79 Å². The minimum Gasteiger partial charge on any atom is -0.354 e. The zero-order valence-corrected chi connectivity index (χ0v) is 15.7. The van der Waals surface area contributed by atoms with E-state index in [1.807, 2.05) is 36.4 Å². The monoisotopic (exact) mass is 359 g/mol. The van der Waals surface area contributed by atoms with E-state index in [1.165, 1.54) is 5.56 Å². The maximum atomic E-state index is 12.9. The van der Waals surface area contributed by atoms with Crippen molar-refractivity contribution in [3.63, 3.8) is 0 Å². The molecular weight excluding hydrogens is 334 g/mol. The first-order chi connectivity index (χ1) is 13.2. The van der Waals surface area contributed by atoms with Gasteiger partial charge in [0, 0.05) is 37.5 Å². The van der Waals surface area contributed by atoms with E-state index in [2.05, 4.69) is 47.1 Å². The molecule has 4 rings (SSSR count). The number of benzene rings is 2. The molecule has 1 fully saturated rings. The number of amides is 1. The highest BCUT2D eigenvalue weighted by Gasteiger charge is 2.29. The lowest BCUT2D eigenvalue weighted by molar-refractivity contribution is -0.133. The number of anilines is 1. The van der Waals surface area contributed by atoms with Crippen molar-refractivity contribution in [3.05, 3.63) is 72.3 Å². The Bertz CT molecular complexity index is 925. The summed E-state index contributed by atoms with van der Waals surface area (Å²) in [5.74, 6) is 1.19. The third-order valence-electron chi connectivity index (χ3n) is 5.36. The van der Waals surface area contributed by atoms with E-state index in [4.69, 9.17) is 4.98 Å². The number of aromatic nitrogens is 1. The summed E-state index contributed by atoms with van der Waals surface area (Å²) in [7, 11) is 0. The smallest absolute Gasteiger partial charge is 0.224 e. The molecule has 2 heterocycles. The molecule has 0 spiro atoms. The molecule has 1 atom stereocenters. The Morgan fingerprint density at radius 1 is 1.00 bits per heavy atom. The van der Waals surface area contributed by atoms with Crippen molar-refractivity contribution in [2.75, 3.05) is 18.0 Å². The van der Waals surface area contributed by atoms with Crippen molar-refractivity contribution >= 4 is 22.6 Å². The Labute approximate surface area is 160 Å². The van der Waals surface area contributed by atoms with Crippen LogP contribution in [0.4, 0.5) is 5.82 Å². The molecule has 4 nitrogen and oxygen atoms in total. The van der Waals surface area contributed by atoms with Gasteiger partial charge in [-0.15, -0.1) is 0 Å². The van der Waals surface area contributed by atoms with Gasteiger partial charge in [-0.3, -0.25) is 4.79 Å². The summed E-state index contributed by atoms with van der Waals surface area (Å²) >= 11 is 0. The van der Waals surface area contributed by atoms with Crippen LogP contribution in [0.15, 0.2) is 66.7 Å². The van der Waals surface area contributed by atoms with Crippen LogP contribution in [0.2, 0.25) is 0 Å². The largest absolute Gasteiger partial charge is 0.354 e. The number of nitrogens with zero attached hydrogens (tertiary/aromatic N) is 3. The lowest BCUT2D eigenvalue weighted by atomic mass is 10.1. The molecule has 27 heavy (non-hydrogen) atoms. The Morgan fingerprint density at radius 2 is 1.78 bits per heavy atom. The number of hydrogen-bond acceptors (Lipinski definition) is 3. The van der Waals surface area contributed by atoms with Gasteiger partial charge in [0.05, 0.1) is 5.52 Å². The van der Waals surface area contributed by atoms with E-state index in [0.29, 0.717) is 19.5 Å². The van der Waals surface area contributed by atoms with Gasteiger partial charge in [0.25, 0.3) is 0 Å². The second kappa shape index (κ2) is 7.78. The first kappa shape index (κ1) is 17.5. The highest BCUT2D eigenvalue weighted by atomic mass is 16.2. The maximum absolute atomic E-state index is 12.9. The standard InChI is InChI=1S/C23H25N3O/c1-2-20-17-25(22-13-12-19-10-6-7-11-21(19)24-22)15-14-23(27)26(20)16-18-8-4-3-5-9-18/h3-13,20H,2,14-17H2,1H3/t20-/m1/s1. The molecule has 138 valence electrons. The van der Waals surface area contributed by atoms with E-state index < -0.39 is 0 Å². The summed E-state index contributed by atoms with van der Waals surface area (Å²) in [6, 6.07) is 22.8. The number of fused-ring (bicyclic) bond motifs is 1. The molecule has 0 aliphatic carbocycles. The summed E-state index contributed by atoms with van der Waals surface area (Å²) in [6.07, 6.45) is 1.46. The summed E-state index contributed by atoms with van der Waals surface area (Å²) < 4.78 is 0. The molecule has 4 heteroatoms. The predicted molar refractivity (Wildman–Crippen MR) is 110 cm³/mol. The van der Waals surface area contributed by atoms with E-state index in [-0.39, 0.29) is 11.9 Å². The number of para-hydroxylation sites is 1. The number of pyridine rings is 1. The van der Waals surface area contributed by atoms with Crippen LogP contribution >= 0.6 is 0 Å². The second-order valence-corrected chi connectivity index (χ2v) is 7.13. The molecule has 1 aliphatic rings. The summed E-state index contributed by atoms with van der Waals surface area (Å²) in [6.45, 7) is 4.37. The van der Waals surface area contributed by atoms with Crippen LogP contribution in [0.5, 0.6) is 0 Å². The van der Waals surface area contributed by atoms with E-state index in [1.54, 1.807) is 0 Å². The van der Waals surface area contributed by atoms with Crippen LogP contribution in [0.25, 0.3) is 10.9 Å². The molecular formula is C23H25N3O. The Kier molecular flexibility index (Phi) is 5.05. The molecule has 0 unspecified atom stereocenters. The van der Waals surface area contributed by atoms with Crippen molar-refractivity contribution in [2.24, 2.45) is 0 Å². The minimum atomic E-state index is 0.188. The first-order valence-corrected chi connectivity index (χ1v) is 9.68. The normalized spacial score (nSPS) is 18.0. The SMILES string of the molecule is CC[C@@H]1CN(c2ccc3ccccc3n2)CCC(=O)N1Cc1ccccc1. The van der Waals surface area contributed by atoms with Crippen LogP contribution in [0.3, 0.4) is 0 Å². The Balaban J connectivity index is 1.58. The van der Waals surface area contributed by atoms with Crippen molar-refractivity contribution in [1.82, 2.24) is 9.88 Å². The van der Waals surface area contributed by atoms with Gasteiger partial charge >= 0.3 is 0 Å². The van der Waals surface area contributed by atoms with E-state index in [0.717, 1.165) is 29.7 Å². The average Bonchev–Trinajstić information content (AvgIpc) is 2.88. The fraction of sp³-hybridized carbons (Fsp3) is 0.304. The van der Waals surface area contributed by atoms with Crippen LogP contribution in [-0.2, 0) is 11.3 Å². The summed E-state index contributed by atoms with van der Waals surface area (Å²) in [5.41, 5.74) is 2.18. The lowest BCUT2D eigenvalue weighted by Crippen LogP contribution is -2.42. The van der Waals surface area contributed by atoms with Crippen LogP contribution in [0, 0.1) is 0 Å². The van der Waals surface area contributed by atoms with Gasteiger partial charge in [0.2, 0.25) is 5.91 Å². The van der Waals surface area contributed by atoms with Gasteiger partial charge in [-0.05, 0) is 30.2 Å². The van der Waals surface area contributed by atoms with Gasteiger partial charge in [0.1, 0.15) is 5.82 Å². The second-order valence-electron chi connectivity index (χ2n) is 7.13. The zero-order valence-electron chi connectivity index (χ0n) is 15.7. The molecule has 2 aromatic carbocycles. The highest BCUT2D eigenvalue weighted by molar-refractivity contribution is 5.81. The maximum Gasteiger partial charge on any atom is 0.224 e. The molecule has 0 radical (unpaired) electrons. The van der Waals surface area contributed by atoms with Gasteiger partial charge in [-0.1, -0.05) is 55.5 Å². The minimum absolute atomic E-state index is 0.188. The van der Waals surface area contributed by atoms with Crippen molar-refractivity contribution in [3.8, 4) is 0 Å². The zero-order chi connectivity index (χ0) is 18.6. The molecule has 1 amide bonds. The van der Waals surface area contributed by atoms with Gasteiger partial charge in [0.15, 0.2) is 0 Å². The number of rotatable bonds is 4. The van der Waals surface area contributed by atoms with Crippen molar-refractivity contribution in [2.45, 2.75) is 32.4 Å². The van der Waals surface area contributed by atoms with E-state index >= 15 is 0 Å². The Hall–Kier alpha value is -2.88. The Morgan fingerprint density at radius 3 is 2.59 bits per heavy atom. The summed E-state index contributed by atoms with van der Waals surface area (Å²) in [5, 5.41) is 1.14. The molecule has 0 N–H and O–H groups in total. The highest BCUT2D eigenvalue weighted by Crippen LogP contribution is 2.23. The molecule has 3 aromatic rings. The number of hydrogen-bond donors (Lipinski definition) is 0. The molecule has 0 bridgehead atoms.